The van der Waals surface area contributed by atoms with Gasteiger partial charge in [-0.3, -0.25) is 14.4 Å². The molecule has 0 aromatic heterocycles. The molecule has 2 rings (SSSR count). The standard InChI is InChI=1S/C19H18O5/c1-2-24-19(23)16(18(21)22)12-13-7-6-10-15(11-13)17(20)14-8-4-3-5-9-14/h3-11,16H,2,12H2,1H3,(H,21,22). The van der Waals surface area contributed by atoms with Crippen LogP contribution in [-0.2, 0) is 20.7 Å². The van der Waals surface area contributed by atoms with Gasteiger partial charge in [0.15, 0.2) is 11.7 Å². The van der Waals surface area contributed by atoms with E-state index in [-0.39, 0.29) is 18.8 Å². The molecule has 0 aliphatic rings. The smallest absolute Gasteiger partial charge is 0.320 e. The maximum atomic E-state index is 12.4. The minimum absolute atomic E-state index is 0.0237. The zero-order chi connectivity index (χ0) is 17.5. The summed E-state index contributed by atoms with van der Waals surface area (Å²) in [6, 6.07) is 15.5. The third-order valence-corrected chi connectivity index (χ3v) is 3.53. The van der Waals surface area contributed by atoms with Crippen LogP contribution in [0.5, 0.6) is 0 Å². The number of benzene rings is 2. The van der Waals surface area contributed by atoms with Crippen molar-refractivity contribution in [3.8, 4) is 0 Å². The van der Waals surface area contributed by atoms with Gasteiger partial charge in [-0.1, -0.05) is 48.5 Å². The number of esters is 1. The van der Waals surface area contributed by atoms with E-state index in [2.05, 4.69) is 0 Å². The molecule has 1 N–H and O–H groups in total. The molecule has 5 heteroatoms. The Morgan fingerprint density at radius 2 is 1.67 bits per heavy atom. The van der Waals surface area contributed by atoms with Gasteiger partial charge >= 0.3 is 11.9 Å². The van der Waals surface area contributed by atoms with Crippen molar-refractivity contribution in [2.24, 2.45) is 5.92 Å². The molecule has 0 radical (unpaired) electrons. The Morgan fingerprint density at radius 3 is 2.29 bits per heavy atom. The predicted octanol–water partition coefficient (Wildman–Crippen LogP) is 2.72. The first-order valence-electron chi connectivity index (χ1n) is 7.61. The van der Waals surface area contributed by atoms with E-state index in [1.165, 1.54) is 0 Å². The fourth-order valence-electron chi connectivity index (χ4n) is 2.35. The van der Waals surface area contributed by atoms with Gasteiger partial charge in [-0.2, -0.15) is 0 Å². The van der Waals surface area contributed by atoms with Crippen LogP contribution in [-0.4, -0.2) is 29.4 Å². The topological polar surface area (TPSA) is 80.7 Å². The van der Waals surface area contributed by atoms with Gasteiger partial charge < -0.3 is 9.84 Å². The number of carboxylic acid groups (broad SMARTS) is 1. The van der Waals surface area contributed by atoms with Gasteiger partial charge in [0.2, 0.25) is 0 Å². The molecule has 1 atom stereocenters. The lowest BCUT2D eigenvalue weighted by atomic mass is 9.95. The van der Waals surface area contributed by atoms with Crippen molar-refractivity contribution in [2.45, 2.75) is 13.3 Å². The Hall–Kier alpha value is -2.95. The van der Waals surface area contributed by atoms with Crippen LogP contribution >= 0.6 is 0 Å². The average molecular weight is 326 g/mol. The Morgan fingerprint density at radius 1 is 1.00 bits per heavy atom. The Labute approximate surface area is 139 Å². The van der Waals surface area contributed by atoms with Crippen LogP contribution in [0.15, 0.2) is 54.6 Å². The number of carbonyl (C=O) groups excluding carboxylic acids is 2. The molecule has 0 saturated heterocycles. The summed E-state index contributed by atoms with van der Waals surface area (Å²) >= 11 is 0. The van der Waals surface area contributed by atoms with E-state index in [0.29, 0.717) is 16.7 Å². The second-order valence-corrected chi connectivity index (χ2v) is 5.24. The number of hydrogen-bond acceptors (Lipinski definition) is 4. The number of ether oxygens (including phenoxy) is 1. The first-order valence-corrected chi connectivity index (χ1v) is 7.61. The zero-order valence-corrected chi connectivity index (χ0v) is 13.3. The highest BCUT2D eigenvalue weighted by atomic mass is 16.5. The second-order valence-electron chi connectivity index (χ2n) is 5.24. The molecule has 124 valence electrons. The predicted molar refractivity (Wildman–Crippen MR) is 87.8 cm³/mol. The fraction of sp³-hybridized carbons (Fsp3) is 0.211. The van der Waals surface area contributed by atoms with E-state index in [1.54, 1.807) is 55.5 Å². The van der Waals surface area contributed by atoms with Crippen LogP contribution in [0.25, 0.3) is 0 Å². The van der Waals surface area contributed by atoms with E-state index < -0.39 is 17.9 Å². The van der Waals surface area contributed by atoms with Gasteiger partial charge in [0.05, 0.1) is 6.61 Å². The number of aliphatic carboxylic acids is 1. The fourth-order valence-corrected chi connectivity index (χ4v) is 2.35. The van der Waals surface area contributed by atoms with Gasteiger partial charge in [-0.05, 0) is 25.0 Å². The maximum Gasteiger partial charge on any atom is 0.320 e. The summed E-state index contributed by atoms with van der Waals surface area (Å²) in [4.78, 5) is 35.5. The Bertz CT molecular complexity index is 736. The lowest BCUT2D eigenvalue weighted by Gasteiger charge is -2.12. The van der Waals surface area contributed by atoms with Crippen molar-refractivity contribution < 1.29 is 24.2 Å². The van der Waals surface area contributed by atoms with Gasteiger partial charge in [-0.25, -0.2) is 0 Å². The van der Waals surface area contributed by atoms with Crippen molar-refractivity contribution in [3.05, 3.63) is 71.3 Å². The van der Waals surface area contributed by atoms with Crippen LogP contribution in [0.4, 0.5) is 0 Å². The van der Waals surface area contributed by atoms with Crippen molar-refractivity contribution in [1.29, 1.82) is 0 Å². The van der Waals surface area contributed by atoms with Crippen LogP contribution < -0.4 is 0 Å². The molecule has 0 amide bonds. The zero-order valence-electron chi connectivity index (χ0n) is 13.3. The van der Waals surface area contributed by atoms with E-state index in [4.69, 9.17) is 4.74 Å². The van der Waals surface area contributed by atoms with E-state index in [1.807, 2.05) is 6.07 Å². The first-order chi connectivity index (χ1) is 11.5. The molecule has 0 fully saturated rings. The largest absolute Gasteiger partial charge is 0.481 e. The van der Waals surface area contributed by atoms with Gasteiger partial charge in [0.25, 0.3) is 0 Å². The molecule has 0 aliphatic heterocycles. The number of rotatable bonds is 7. The molecule has 5 nitrogen and oxygen atoms in total. The van der Waals surface area contributed by atoms with Gasteiger partial charge in [0.1, 0.15) is 0 Å². The molecular formula is C19H18O5. The number of hydrogen-bond donors (Lipinski definition) is 1. The second kappa shape index (κ2) is 8.06. The molecular weight excluding hydrogens is 308 g/mol. The van der Waals surface area contributed by atoms with Crippen LogP contribution in [0.3, 0.4) is 0 Å². The monoisotopic (exact) mass is 326 g/mol. The third-order valence-electron chi connectivity index (χ3n) is 3.53. The molecule has 0 aliphatic carbocycles. The highest BCUT2D eigenvalue weighted by Gasteiger charge is 2.28. The average Bonchev–Trinajstić information content (AvgIpc) is 2.60. The molecule has 0 heterocycles. The molecule has 2 aromatic rings. The minimum Gasteiger partial charge on any atom is -0.481 e. The molecule has 1 unspecified atom stereocenters. The quantitative estimate of drug-likeness (QED) is 0.481. The summed E-state index contributed by atoms with van der Waals surface area (Å²) in [6.07, 6.45) is -0.0237. The van der Waals surface area contributed by atoms with Gasteiger partial charge in [0, 0.05) is 11.1 Å². The van der Waals surface area contributed by atoms with Crippen molar-refractivity contribution in [1.82, 2.24) is 0 Å². The molecule has 2 aromatic carbocycles. The summed E-state index contributed by atoms with van der Waals surface area (Å²) in [5, 5.41) is 9.22. The first kappa shape index (κ1) is 17.4. The Kier molecular flexibility index (Phi) is 5.84. The minimum atomic E-state index is -1.29. The number of carboxylic acids is 1. The van der Waals surface area contributed by atoms with Crippen LogP contribution in [0, 0.1) is 5.92 Å². The van der Waals surface area contributed by atoms with E-state index in [9.17, 15) is 19.5 Å². The van der Waals surface area contributed by atoms with Crippen molar-refractivity contribution in [2.75, 3.05) is 6.61 Å². The summed E-state index contributed by atoms with van der Waals surface area (Å²) in [7, 11) is 0. The summed E-state index contributed by atoms with van der Waals surface area (Å²) in [5.41, 5.74) is 1.60. The van der Waals surface area contributed by atoms with Crippen LogP contribution in [0.2, 0.25) is 0 Å². The van der Waals surface area contributed by atoms with E-state index >= 15 is 0 Å². The summed E-state index contributed by atoms with van der Waals surface area (Å²) < 4.78 is 4.80. The van der Waals surface area contributed by atoms with Crippen LogP contribution in [0.1, 0.15) is 28.4 Å². The SMILES string of the molecule is CCOC(=O)C(Cc1cccc(C(=O)c2ccccc2)c1)C(=O)O. The molecule has 0 spiro atoms. The molecule has 0 bridgehead atoms. The normalized spacial score (nSPS) is 11.5. The Balaban J connectivity index is 2.22. The van der Waals surface area contributed by atoms with Crippen molar-refractivity contribution in [3.63, 3.8) is 0 Å². The van der Waals surface area contributed by atoms with E-state index in [0.717, 1.165) is 0 Å². The summed E-state index contributed by atoms with van der Waals surface area (Å²) in [5.74, 6) is -3.45. The molecule has 0 saturated carbocycles. The number of carbonyl (C=O) groups is 3. The lowest BCUT2D eigenvalue weighted by Crippen LogP contribution is -2.28. The van der Waals surface area contributed by atoms with Crippen molar-refractivity contribution >= 4 is 17.7 Å². The maximum absolute atomic E-state index is 12.4. The van der Waals surface area contributed by atoms with Gasteiger partial charge in [-0.15, -0.1) is 0 Å². The number of ketones is 1. The summed E-state index contributed by atoms with van der Waals surface area (Å²) in [6.45, 7) is 1.74. The highest BCUT2D eigenvalue weighted by Crippen LogP contribution is 2.16. The highest BCUT2D eigenvalue weighted by molar-refractivity contribution is 6.09. The third kappa shape index (κ3) is 4.29. The lowest BCUT2D eigenvalue weighted by molar-refractivity contribution is -0.158. The molecule has 24 heavy (non-hydrogen) atoms.